The molecule has 2 aliphatic heterocycles. The summed E-state index contributed by atoms with van der Waals surface area (Å²) in [6, 6.07) is 0.886. The lowest BCUT2D eigenvalue weighted by Gasteiger charge is -2.35. The van der Waals surface area contributed by atoms with E-state index >= 15 is 0 Å². The van der Waals surface area contributed by atoms with Crippen LogP contribution in [0.2, 0.25) is 0 Å². The molecule has 1 aromatic carbocycles. The third-order valence-electron chi connectivity index (χ3n) is 6.22. The Balaban J connectivity index is 1.39. The van der Waals surface area contributed by atoms with Gasteiger partial charge in [-0.25, -0.2) is 21.6 Å². The van der Waals surface area contributed by atoms with Gasteiger partial charge < -0.3 is 9.26 Å². The Kier molecular flexibility index (Phi) is 7.53. The molecule has 3 heterocycles. The Morgan fingerprint density at radius 1 is 1.11 bits per heavy atom. The third kappa shape index (κ3) is 6.11. The second-order valence-corrected chi connectivity index (χ2v) is 10.9. The first kappa shape index (κ1) is 26.7. The summed E-state index contributed by atoms with van der Waals surface area (Å²) in [4.78, 5) is 5.07. The van der Waals surface area contributed by atoms with Crippen molar-refractivity contribution < 1.29 is 44.0 Å². The highest BCUT2D eigenvalue weighted by molar-refractivity contribution is 7.88. The van der Waals surface area contributed by atoms with Crippen LogP contribution in [-0.4, -0.2) is 65.9 Å². The van der Waals surface area contributed by atoms with Crippen LogP contribution < -0.4 is 4.74 Å². The molecule has 2 fully saturated rings. The molecule has 0 spiro atoms. The summed E-state index contributed by atoms with van der Waals surface area (Å²) in [6.07, 6.45) is -5.17. The van der Waals surface area contributed by atoms with Crippen LogP contribution in [0, 0.1) is 11.6 Å². The number of sulfonamides is 1. The molecule has 2 aromatic rings. The number of nitrogens with zero attached hydrogens (tertiary/aromatic N) is 4. The quantitative estimate of drug-likeness (QED) is 0.513. The fourth-order valence-corrected chi connectivity index (χ4v) is 5.57. The molecule has 2 atom stereocenters. The Morgan fingerprint density at radius 3 is 2.31 bits per heavy atom. The number of hydrogen-bond acceptors (Lipinski definition) is 7. The molecule has 0 saturated carbocycles. The number of rotatable bonds is 6. The molecular weight excluding hydrogens is 518 g/mol. The molecule has 0 N–H and O–H groups in total. The van der Waals surface area contributed by atoms with Crippen LogP contribution in [0.1, 0.15) is 49.0 Å². The summed E-state index contributed by atoms with van der Waals surface area (Å²) in [7, 11) is -3.72. The zero-order valence-electron chi connectivity index (χ0n) is 19.1. The van der Waals surface area contributed by atoms with Gasteiger partial charge in [-0.2, -0.15) is 22.5 Å². The van der Waals surface area contributed by atoms with E-state index < -0.39 is 57.7 Å². The highest BCUT2D eigenvalue weighted by atomic mass is 32.2. The first-order valence-electron chi connectivity index (χ1n) is 11.2. The lowest BCUT2D eigenvalue weighted by molar-refractivity contribution is -0.146. The Morgan fingerprint density at radius 2 is 1.75 bits per heavy atom. The van der Waals surface area contributed by atoms with Crippen molar-refractivity contribution in [2.24, 2.45) is 0 Å². The van der Waals surface area contributed by atoms with Crippen LogP contribution in [0.3, 0.4) is 0 Å². The molecule has 0 radical (unpaired) electrons. The van der Waals surface area contributed by atoms with Gasteiger partial charge in [-0.1, -0.05) is 5.16 Å². The summed E-state index contributed by atoms with van der Waals surface area (Å²) < 4.78 is 117. The smallest absolute Gasteiger partial charge is 0.455 e. The number of benzene rings is 1. The molecule has 2 unspecified atom stereocenters. The van der Waals surface area contributed by atoms with Crippen LogP contribution in [0.4, 0.5) is 26.3 Å². The van der Waals surface area contributed by atoms with Gasteiger partial charge in [0.1, 0.15) is 12.3 Å². The van der Waals surface area contributed by atoms with E-state index in [4.69, 9.17) is 4.74 Å². The van der Waals surface area contributed by atoms with Gasteiger partial charge in [-0.05, 0) is 43.4 Å². The van der Waals surface area contributed by atoms with Crippen molar-refractivity contribution in [3.63, 3.8) is 0 Å². The topological polar surface area (TPSA) is 88.8 Å². The van der Waals surface area contributed by atoms with Gasteiger partial charge in [0.05, 0.1) is 18.8 Å². The van der Waals surface area contributed by atoms with E-state index in [1.54, 1.807) is 4.90 Å². The molecule has 8 nitrogen and oxygen atoms in total. The fourth-order valence-electron chi connectivity index (χ4n) is 4.46. The molecule has 1 aromatic heterocycles. The number of alkyl halides is 4. The van der Waals surface area contributed by atoms with Crippen molar-refractivity contribution in [2.45, 2.75) is 56.7 Å². The van der Waals surface area contributed by atoms with Gasteiger partial charge in [-0.3, -0.25) is 4.90 Å². The van der Waals surface area contributed by atoms with Crippen LogP contribution in [0.15, 0.2) is 16.7 Å². The van der Waals surface area contributed by atoms with Gasteiger partial charge in [0.15, 0.2) is 17.4 Å². The Labute approximate surface area is 203 Å². The zero-order valence-corrected chi connectivity index (χ0v) is 20.0. The van der Waals surface area contributed by atoms with Gasteiger partial charge in [-0.15, -0.1) is 0 Å². The van der Waals surface area contributed by atoms with Gasteiger partial charge in [0.25, 0.3) is 5.82 Å². The summed E-state index contributed by atoms with van der Waals surface area (Å²) in [6.45, 7) is 0.588. The number of piperidine rings is 2. The Hall–Kier alpha value is -2.39. The summed E-state index contributed by atoms with van der Waals surface area (Å²) >= 11 is 0. The summed E-state index contributed by atoms with van der Waals surface area (Å²) in [5, 5.41) is 2.90. The number of aromatic nitrogens is 2. The molecule has 0 bridgehead atoms. The lowest BCUT2D eigenvalue weighted by Crippen LogP contribution is -2.41. The van der Waals surface area contributed by atoms with E-state index in [9.17, 15) is 34.8 Å². The van der Waals surface area contributed by atoms with E-state index in [1.807, 2.05) is 0 Å². The first-order valence-corrected chi connectivity index (χ1v) is 13.0. The molecule has 0 aliphatic carbocycles. The largest absolute Gasteiger partial charge is 0.484 e. The normalized spacial score (nSPS) is 23.2. The molecule has 2 aliphatic rings. The maximum absolute atomic E-state index is 14.8. The van der Waals surface area contributed by atoms with Crippen molar-refractivity contribution >= 4 is 10.0 Å². The highest BCUT2D eigenvalue weighted by Gasteiger charge is 2.38. The fraction of sp³-hybridized carbons (Fsp3) is 0.619. The van der Waals surface area contributed by atoms with Crippen molar-refractivity contribution in [1.82, 2.24) is 19.3 Å². The van der Waals surface area contributed by atoms with Crippen LogP contribution >= 0.6 is 0 Å². The molecule has 0 amide bonds. The number of ether oxygens (including phenoxy) is 1. The summed E-state index contributed by atoms with van der Waals surface area (Å²) in [5.41, 5.74) is -0.00210. The second kappa shape index (κ2) is 10.2. The van der Waals surface area contributed by atoms with Crippen molar-refractivity contribution in [3.05, 3.63) is 41.0 Å². The molecule has 4 rings (SSSR count). The predicted octanol–water partition coefficient (Wildman–Crippen LogP) is 3.84. The van der Waals surface area contributed by atoms with Crippen molar-refractivity contribution in [2.75, 3.05) is 25.9 Å². The maximum Gasteiger partial charge on any atom is 0.455 e. The number of halogens is 6. The third-order valence-corrected chi connectivity index (χ3v) is 7.51. The second-order valence-electron chi connectivity index (χ2n) is 8.93. The van der Waals surface area contributed by atoms with Gasteiger partial charge in [0.2, 0.25) is 15.9 Å². The highest BCUT2D eigenvalue weighted by Crippen LogP contribution is 2.37. The number of likely N-dealkylation sites (tertiary alicyclic amines) is 1. The molecule has 200 valence electrons. The monoisotopic (exact) mass is 542 g/mol. The minimum absolute atomic E-state index is 0.00210. The van der Waals surface area contributed by atoms with E-state index in [1.165, 1.54) is 0 Å². The average Bonchev–Trinajstić information content (AvgIpc) is 3.25. The predicted molar refractivity (Wildman–Crippen MR) is 113 cm³/mol. The molecule has 36 heavy (non-hydrogen) atoms. The van der Waals surface area contributed by atoms with Crippen molar-refractivity contribution in [3.8, 4) is 5.75 Å². The van der Waals surface area contributed by atoms with E-state index in [2.05, 4.69) is 14.7 Å². The standard InChI is InChI=1S/C21H24F6N4O4S/c1-36(32,33)31-7-2-13(22)10-17(31)12-8-15(23)19(16(24)9-12)34-14-3-5-30(6-4-14)11-18-28-20(29-35-18)21(25,26)27/h8-9,13-14,17H,2-7,10-11H2,1H3. The average molecular weight is 543 g/mol. The van der Waals surface area contributed by atoms with E-state index in [0.717, 1.165) is 22.7 Å². The minimum atomic E-state index is -4.71. The molecule has 15 heteroatoms. The molecular formula is C21H24F6N4O4S. The maximum atomic E-state index is 14.8. The Bertz CT molecular complexity index is 1160. The van der Waals surface area contributed by atoms with E-state index in [0.29, 0.717) is 25.9 Å². The van der Waals surface area contributed by atoms with Crippen LogP contribution in [0.5, 0.6) is 5.75 Å². The summed E-state index contributed by atoms with van der Waals surface area (Å²) in [5.74, 6) is -4.25. The molecule has 2 saturated heterocycles. The minimum Gasteiger partial charge on any atom is -0.484 e. The zero-order chi connectivity index (χ0) is 26.3. The van der Waals surface area contributed by atoms with Gasteiger partial charge in [0, 0.05) is 19.6 Å². The van der Waals surface area contributed by atoms with Crippen LogP contribution in [0.25, 0.3) is 0 Å². The van der Waals surface area contributed by atoms with E-state index in [-0.39, 0.29) is 37.4 Å². The first-order chi connectivity index (χ1) is 16.8. The SMILES string of the molecule is CS(=O)(=O)N1CCC(F)CC1c1cc(F)c(OC2CCN(Cc3nc(C(F)(F)F)no3)CC2)c(F)c1. The number of hydrogen-bond donors (Lipinski definition) is 0. The lowest BCUT2D eigenvalue weighted by atomic mass is 9.96. The van der Waals surface area contributed by atoms with Crippen molar-refractivity contribution in [1.29, 1.82) is 0 Å². The van der Waals surface area contributed by atoms with Crippen LogP contribution in [-0.2, 0) is 22.7 Å². The van der Waals surface area contributed by atoms with Gasteiger partial charge >= 0.3 is 6.18 Å².